The summed E-state index contributed by atoms with van der Waals surface area (Å²) in [6.07, 6.45) is 8.72. The number of hydrogen-bond donors (Lipinski definition) is 2. The van der Waals surface area contributed by atoms with Crippen LogP contribution in [0, 0.1) is 17.3 Å². The molecule has 1 rings (SSSR count). The fourth-order valence-corrected chi connectivity index (χ4v) is 3.77. The Labute approximate surface area is 119 Å². The van der Waals surface area contributed by atoms with Gasteiger partial charge in [0, 0.05) is 0 Å². The summed E-state index contributed by atoms with van der Waals surface area (Å²) in [4.78, 5) is 0. The van der Waals surface area contributed by atoms with Crippen LogP contribution in [0.5, 0.6) is 0 Å². The Bertz CT molecular complexity index is 240. The normalized spacial score (nSPS) is 28.1. The van der Waals surface area contributed by atoms with Crippen LogP contribution < -0.4 is 0 Å². The molecule has 0 radical (unpaired) electrons. The topological polar surface area (TPSA) is 40.5 Å². The molecular formula is C17H34O2. The van der Waals surface area contributed by atoms with Gasteiger partial charge in [0.1, 0.15) is 0 Å². The maximum Gasteiger partial charge on any atom is 0.0799 e. The highest BCUT2D eigenvalue weighted by atomic mass is 16.3. The zero-order chi connectivity index (χ0) is 14.5. The molecule has 19 heavy (non-hydrogen) atoms. The summed E-state index contributed by atoms with van der Waals surface area (Å²) in [7, 11) is 0. The van der Waals surface area contributed by atoms with Crippen LogP contribution in [0.25, 0.3) is 0 Å². The molecule has 1 fully saturated rings. The van der Waals surface area contributed by atoms with E-state index >= 15 is 0 Å². The Hall–Kier alpha value is -0.0800. The minimum atomic E-state index is -0.582. The summed E-state index contributed by atoms with van der Waals surface area (Å²) in [6.45, 7) is 8.76. The largest absolute Gasteiger partial charge is 0.391 e. The second-order valence-corrected chi connectivity index (χ2v) is 7.55. The van der Waals surface area contributed by atoms with Crippen molar-refractivity contribution in [2.75, 3.05) is 0 Å². The molecule has 2 atom stereocenters. The van der Waals surface area contributed by atoms with Gasteiger partial charge in [-0.25, -0.2) is 0 Å². The Morgan fingerprint density at radius 3 is 2.05 bits per heavy atom. The van der Waals surface area contributed by atoms with E-state index < -0.39 is 12.2 Å². The lowest BCUT2D eigenvalue weighted by Gasteiger charge is -2.35. The Morgan fingerprint density at radius 1 is 1.05 bits per heavy atom. The first-order chi connectivity index (χ1) is 8.84. The van der Waals surface area contributed by atoms with E-state index in [0.29, 0.717) is 11.3 Å². The van der Waals surface area contributed by atoms with Gasteiger partial charge in [-0.1, -0.05) is 52.9 Å². The van der Waals surface area contributed by atoms with Crippen LogP contribution in [0.15, 0.2) is 0 Å². The molecule has 1 aliphatic rings. The Balaban J connectivity index is 2.29. The molecule has 2 nitrogen and oxygen atoms in total. The summed E-state index contributed by atoms with van der Waals surface area (Å²) in [6, 6.07) is 0. The van der Waals surface area contributed by atoms with E-state index in [0.717, 1.165) is 12.3 Å². The van der Waals surface area contributed by atoms with Crippen molar-refractivity contribution in [2.45, 2.75) is 91.3 Å². The first-order valence-corrected chi connectivity index (χ1v) is 8.20. The Kier molecular flexibility index (Phi) is 6.82. The van der Waals surface area contributed by atoms with Gasteiger partial charge in [-0.15, -0.1) is 0 Å². The minimum absolute atomic E-state index is 0.491. The summed E-state index contributed by atoms with van der Waals surface area (Å²) >= 11 is 0. The van der Waals surface area contributed by atoms with Crippen molar-refractivity contribution in [1.29, 1.82) is 0 Å². The first-order valence-electron chi connectivity index (χ1n) is 8.20. The van der Waals surface area contributed by atoms with Crippen LogP contribution in [0.3, 0.4) is 0 Å². The summed E-state index contributed by atoms with van der Waals surface area (Å²) in [5.41, 5.74) is 0.491. The van der Waals surface area contributed by atoms with Gasteiger partial charge in [-0.2, -0.15) is 0 Å². The van der Waals surface area contributed by atoms with Crippen molar-refractivity contribution >= 4 is 0 Å². The number of aliphatic hydroxyl groups is 2. The molecule has 0 spiro atoms. The maximum absolute atomic E-state index is 9.75. The van der Waals surface area contributed by atoms with Crippen LogP contribution in [0.2, 0.25) is 0 Å². The smallest absolute Gasteiger partial charge is 0.0799 e. The summed E-state index contributed by atoms with van der Waals surface area (Å²) in [5.74, 6) is 1.50. The van der Waals surface area contributed by atoms with Gasteiger partial charge in [-0.3, -0.25) is 0 Å². The fraction of sp³-hybridized carbons (Fsp3) is 1.00. The monoisotopic (exact) mass is 270 g/mol. The molecule has 0 saturated heterocycles. The molecule has 0 heterocycles. The lowest BCUT2D eigenvalue weighted by atomic mass is 9.71. The standard InChI is InChI=1S/C17H34O2/c1-5-10-17(3,4)12-15-8-6-14(7-9-15)11-16(19)13(2)18/h13-16,18-19H,5-12H2,1-4H3/t13-,14?,15?,16?/m1/s1. The highest BCUT2D eigenvalue weighted by Crippen LogP contribution is 2.39. The second kappa shape index (κ2) is 7.64. The van der Waals surface area contributed by atoms with Crippen molar-refractivity contribution in [1.82, 2.24) is 0 Å². The number of hydrogen-bond acceptors (Lipinski definition) is 2. The van der Waals surface area contributed by atoms with Crippen LogP contribution in [0.1, 0.15) is 79.1 Å². The molecule has 0 aliphatic heterocycles. The molecule has 0 aromatic rings. The quantitative estimate of drug-likeness (QED) is 0.730. The zero-order valence-electron chi connectivity index (χ0n) is 13.4. The van der Waals surface area contributed by atoms with E-state index in [1.165, 1.54) is 44.9 Å². The van der Waals surface area contributed by atoms with E-state index in [9.17, 15) is 10.2 Å². The molecule has 114 valence electrons. The molecule has 1 unspecified atom stereocenters. The van der Waals surface area contributed by atoms with E-state index in [-0.39, 0.29) is 0 Å². The minimum Gasteiger partial charge on any atom is -0.391 e. The summed E-state index contributed by atoms with van der Waals surface area (Å²) < 4.78 is 0. The molecule has 0 amide bonds. The van der Waals surface area contributed by atoms with E-state index in [4.69, 9.17) is 0 Å². The molecule has 1 saturated carbocycles. The van der Waals surface area contributed by atoms with Gasteiger partial charge in [0.15, 0.2) is 0 Å². The molecule has 2 heteroatoms. The molecule has 0 aromatic heterocycles. The molecule has 0 aromatic carbocycles. The molecule has 1 aliphatic carbocycles. The fourth-order valence-electron chi connectivity index (χ4n) is 3.77. The van der Waals surface area contributed by atoms with Gasteiger partial charge in [-0.05, 0) is 43.4 Å². The maximum atomic E-state index is 9.75. The van der Waals surface area contributed by atoms with Crippen molar-refractivity contribution in [3.8, 4) is 0 Å². The van der Waals surface area contributed by atoms with Gasteiger partial charge in [0.25, 0.3) is 0 Å². The highest BCUT2D eigenvalue weighted by molar-refractivity contribution is 4.80. The van der Waals surface area contributed by atoms with Crippen LogP contribution in [0.4, 0.5) is 0 Å². The third kappa shape index (κ3) is 6.27. The summed E-state index contributed by atoms with van der Waals surface area (Å²) in [5, 5.41) is 19.1. The van der Waals surface area contributed by atoms with Crippen molar-refractivity contribution in [2.24, 2.45) is 17.3 Å². The first kappa shape index (κ1) is 17.0. The van der Waals surface area contributed by atoms with Crippen LogP contribution >= 0.6 is 0 Å². The van der Waals surface area contributed by atoms with E-state index in [2.05, 4.69) is 20.8 Å². The molecule has 2 N–H and O–H groups in total. The van der Waals surface area contributed by atoms with Crippen LogP contribution in [-0.4, -0.2) is 22.4 Å². The number of rotatable bonds is 7. The lowest BCUT2D eigenvalue weighted by Crippen LogP contribution is -2.28. The number of aliphatic hydroxyl groups excluding tert-OH is 2. The average Bonchev–Trinajstić information content (AvgIpc) is 2.31. The van der Waals surface area contributed by atoms with Crippen molar-refractivity contribution < 1.29 is 10.2 Å². The van der Waals surface area contributed by atoms with Gasteiger partial charge < -0.3 is 10.2 Å². The van der Waals surface area contributed by atoms with E-state index in [1.54, 1.807) is 6.92 Å². The highest BCUT2D eigenvalue weighted by Gasteiger charge is 2.28. The second-order valence-electron chi connectivity index (χ2n) is 7.55. The van der Waals surface area contributed by atoms with Gasteiger partial charge >= 0.3 is 0 Å². The predicted molar refractivity (Wildman–Crippen MR) is 81.1 cm³/mol. The lowest BCUT2D eigenvalue weighted by molar-refractivity contribution is 0.00966. The third-order valence-electron chi connectivity index (χ3n) is 4.87. The molecule has 0 bridgehead atoms. The average molecular weight is 270 g/mol. The van der Waals surface area contributed by atoms with Gasteiger partial charge in [0.05, 0.1) is 12.2 Å². The molecular weight excluding hydrogens is 236 g/mol. The third-order valence-corrected chi connectivity index (χ3v) is 4.87. The Morgan fingerprint density at radius 2 is 1.58 bits per heavy atom. The van der Waals surface area contributed by atoms with Crippen LogP contribution in [-0.2, 0) is 0 Å². The van der Waals surface area contributed by atoms with Gasteiger partial charge in [0.2, 0.25) is 0 Å². The SMILES string of the molecule is CCCC(C)(C)CC1CCC(CC(O)[C@@H](C)O)CC1. The van der Waals surface area contributed by atoms with Crippen molar-refractivity contribution in [3.63, 3.8) is 0 Å². The van der Waals surface area contributed by atoms with Crippen molar-refractivity contribution in [3.05, 3.63) is 0 Å². The predicted octanol–water partition coefficient (Wildman–Crippen LogP) is 4.14. The zero-order valence-corrected chi connectivity index (χ0v) is 13.4. The van der Waals surface area contributed by atoms with E-state index in [1.807, 2.05) is 0 Å².